The van der Waals surface area contributed by atoms with Gasteiger partial charge in [0.2, 0.25) is 0 Å². The van der Waals surface area contributed by atoms with E-state index in [4.69, 9.17) is 4.74 Å². The first-order chi connectivity index (χ1) is 9.43. The SMILES string of the molecule is CCCCCCCCCCC(=O)C(OCC)C(C)(C)C. The van der Waals surface area contributed by atoms with Crippen molar-refractivity contribution in [1.82, 2.24) is 0 Å². The molecule has 0 aliphatic carbocycles. The maximum Gasteiger partial charge on any atom is 0.162 e. The van der Waals surface area contributed by atoms with E-state index < -0.39 is 0 Å². The largest absolute Gasteiger partial charge is 0.370 e. The fourth-order valence-corrected chi connectivity index (χ4v) is 2.56. The summed E-state index contributed by atoms with van der Waals surface area (Å²) in [6, 6.07) is 0. The Labute approximate surface area is 126 Å². The smallest absolute Gasteiger partial charge is 0.162 e. The third-order valence-corrected chi connectivity index (χ3v) is 3.69. The molecule has 0 aromatic carbocycles. The second-order valence-electron chi connectivity index (χ2n) is 6.89. The van der Waals surface area contributed by atoms with Crippen LogP contribution in [0.5, 0.6) is 0 Å². The Morgan fingerprint density at radius 3 is 1.85 bits per heavy atom. The van der Waals surface area contributed by atoms with Crippen LogP contribution in [0.4, 0.5) is 0 Å². The molecule has 120 valence electrons. The molecule has 0 aromatic rings. The number of rotatable bonds is 12. The second-order valence-corrected chi connectivity index (χ2v) is 6.89. The maximum absolute atomic E-state index is 12.2. The summed E-state index contributed by atoms with van der Waals surface area (Å²) in [5.41, 5.74) is -0.0900. The molecule has 0 N–H and O–H groups in total. The van der Waals surface area contributed by atoms with Gasteiger partial charge in [-0.3, -0.25) is 4.79 Å². The second kappa shape index (κ2) is 11.3. The highest BCUT2D eigenvalue weighted by Gasteiger charge is 2.30. The van der Waals surface area contributed by atoms with E-state index in [0.29, 0.717) is 13.0 Å². The first-order valence-corrected chi connectivity index (χ1v) is 8.57. The quantitative estimate of drug-likeness (QED) is 0.440. The Morgan fingerprint density at radius 2 is 1.40 bits per heavy atom. The number of carbonyl (C=O) groups excluding carboxylic acids is 1. The number of Topliss-reactive ketones (excluding diaryl/α,β-unsaturated/α-hetero) is 1. The van der Waals surface area contributed by atoms with Crippen molar-refractivity contribution in [3.63, 3.8) is 0 Å². The van der Waals surface area contributed by atoms with Crippen molar-refractivity contribution in [1.29, 1.82) is 0 Å². The Balaban J connectivity index is 3.75. The average Bonchev–Trinajstić information content (AvgIpc) is 2.37. The Hall–Kier alpha value is -0.370. The highest BCUT2D eigenvalue weighted by atomic mass is 16.5. The topological polar surface area (TPSA) is 26.3 Å². The zero-order chi connectivity index (χ0) is 15.4. The van der Waals surface area contributed by atoms with Crippen molar-refractivity contribution in [2.75, 3.05) is 6.61 Å². The van der Waals surface area contributed by atoms with Crippen molar-refractivity contribution in [3.8, 4) is 0 Å². The van der Waals surface area contributed by atoms with E-state index >= 15 is 0 Å². The fraction of sp³-hybridized carbons (Fsp3) is 0.944. The van der Waals surface area contributed by atoms with Crippen molar-refractivity contribution >= 4 is 5.78 Å². The standard InChI is InChI=1S/C18H36O2/c1-6-8-9-10-11-12-13-14-15-16(19)17(20-7-2)18(3,4)5/h17H,6-15H2,1-5H3. The van der Waals surface area contributed by atoms with Gasteiger partial charge < -0.3 is 4.74 Å². The lowest BCUT2D eigenvalue weighted by Gasteiger charge is -2.29. The molecule has 0 rings (SSSR count). The summed E-state index contributed by atoms with van der Waals surface area (Å²) in [7, 11) is 0. The number of hydrogen-bond acceptors (Lipinski definition) is 2. The number of unbranched alkanes of at least 4 members (excludes halogenated alkanes) is 7. The van der Waals surface area contributed by atoms with Crippen molar-refractivity contribution in [3.05, 3.63) is 0 Å². The van der Waals surface area contributed by atoms with Crippen molar-refractivity contribution in [2.24, 2.45) is 5.41 Å². The van der Waals surface area contributed by atoms with E-state index in [-0.39, 0.29) is 17.3 Å². The Morgan fingerprint density at radius 1 is 0.900 bits per heavy atom. The summed E-state index contributed by atoms with van der Waals surface area (Å²) in [5.74, 6) is 0.283. The van der Waals surface area contributed by atoms with Gasteiger partial charge in [-0.1, -0.05) is 72.6 Å². The molecule has 0 fully saturated rings. The highest BCUT2D eigenvalue weighted by Crippen LogP contribution is 2.24. The molecule has 0 spiro atoms. The predicted octanol–water partition coefficient (Wildman–Crippen LogP) is 5.54. The minimum absolute atomic E-state index is 0.0900. The van der Waals surface area contributed by atoms with E-state index in [9.17, 15) is 4.79 Å². The van der Waals surface area contributed by atoms with E-state index in [1.807, 2.05) is 6.92 Å². The van der Waals surface area contributed by atoms with E-state index in [2.05, 4.69) is 27.7 Å². The summed E-state index contributed by atoms with van der Waals surface area (Å²) < 4.78 is 5.64. The molecule has 0 aromatic heterocycles. The van der Waals surface area contributed by atoms with Crippen LogP contribution in [0.2, 0.25) is 0 Å². The predicted molar refractivity (Wildman–Crippen MR) is 87.1 cm³/mol. The molecule has 2 nitrogen and oxygen atoms in total. The lowest BCUT2D eigenvalue weighted by Crippen LogP contribution is -2.37. The fourth-order valence-electron chi connectivity index (χ4n) is 2.56. The van der Waals surface area contributed by atoms with Crippen LogP contribution in [0.25, 0.3) is 0 Å². The van der Waals surface area contributed by atoms with Crippen molar-refractivity contribution < 1.29 is 9.53 Å². The summed E-state index contributed by atoms with van der Waals surface area (Å²) in [5, 5.41) is 0. The summed E-state index contributed by atoms with van der Waals surface area (Å²) in [4.78, 5) is 12.2. The molecule has 0 aliphatic rings. The molecular formula is C18H36O2. The Bertz CT molecular complexity index is 240. The number of hydrogen-bond donors (Lipinski definition) is 0. The van der Waals surface area contributed by atoms with E-state index in [0.717, 1.165) is 6.42 Å². The van der Waals surface area contributed by atoms with Gasteiger partial charge in [-0.25, -0.2) is 0 Å². The average molecular weight is 284 g/mol. The minimum atomic E-state index is -0.239. The molecule has 0 saturated carbocycles. The van der Waals surface area contributed by atoms with Crippen LogP contribution in [-0.2, 0) is 9.53 Å². The third-order valence-electron chi connectivity index (χ3n) is 3.69. The van der Waals surface area contributed by atoms with Crippen molar-refractivity contribution in [2.45, 2.75) is 98.5 Å². The van der Waals surface area contributed by atoms with Gasteiger partial charge >= 0.3 is 0 Å². The number of carbonyl (C=O) groups is 1. The van der Waals surface area contributed by atoms with Gasteiger partial charge in [0, 0.05) is 13.0 Å². The molecule has 1 atom stereocenters. The third kappa shape index (κ3) is 9.52. The first kappa shape index (κ1) is 19.6. The van der Waals surface area contributed by atoms with Crippen LogP contribution < -0.4 is 0 Å². The summed E-state index contributed by atoms with van der Waals surface area (Å²) in [6.07, 6.45) is 10.6. The minimum Gasteiger partial charge on any atom is -0.370 e. The van der Waals surface area contributed by atoms with E-state index in [1.165, 1.54) is 44.9 Å². The zero-order valence-corrected chi connectivity index (χ0v) is 14.5. The van der Waals surface area contributed by atoms with Crippen LogP contribution in [0.1, 0.15) is 92.4 Å². The van der Waals surface area contributed by atoms with Gasteiger partial charge in [-0.05, 0) is 18.8 Å². The monoisotopic (exact) mass is 284 g/mol. The van der Waals surface area contributed by atoms with Crippen LogP contribution in [0.3, 0.4) is 0 Å². The zero-order valence-electron chi connectivity index (χ0n) is 14.5. The lowest BCUT2D eigenvalue weighted by molar-refractivity contribution is -0.137. The van der Waals surface area contributed by atoms with Crippen LogP contribution in [0, 0.1) is 5.41 Å². The molecular weight excluding hydrogens is 248 g/mol. The molecule has 2 heteroatoms. The van der Waals surface area contributed by atoms with Gasteiger partial charge in [0.15, 0.2) is 5.78 Å². The van der Waals surface area contributed by atoms with Gasteiger partial charge in [-0.15, -0.1) is 0 Å². The van der Waals surface area contributed by atoms with Gasteiger partial charge in [-0.2, -0.15) is 0 Å². The maximum atomic E-state index is 12.2. The number of ketones is 1. The molecule has 0 aliphatic heterocycles. The molecule has 20 heavy (non-hydrogen) atoms. The van der Waals surface area contributed by atoms with E-state index in [1.54, 1.807) is 0 Å². The van der Waals surface area contributed by atoms with Gasteiger partial charge in [0.05, 0.1) is 0 Å². The Kier molecular flexibility index (Phi) is 11.1. The molecule has 0 radical (unpaired) electrons. The highest BCUT2D eigenvalue weighted by molar-refractivity contribution is 5.83. The first-order valence-electron chi connectivity index (χ1n) is 8.57. The van der Waals surface area contributed by atoms with Crippen LogP contribution in [0.15, 0.2) is 0 Å². The number of ether oxygens (including phenoxy) is 1. The van der Waals surface area contributed by atoms with Gasteiger partial charge in [0.1, 0.15) is 6.10 Å². The summed E-state index contributed by atoms with van der Waals surface area (Å²) in [6.45, 7) is 11.1. The van der Waals surface area contributed by atoms with Gasteiger partial charge in [0.25, 0.3) is 0 Å². The van der Waals surface area contributed by atoms with Crippen LogP contribution in [-0.4, -0.2) is 18.5 Å². The molecule has 0 heterocycles. The normalized spacial score (nSPS) is 13.4. The molecule has 0 saturated heterocycles. The summed E-state index contributed by atoms with van der Waals surface area (Å²) >= 11 is 0. The molecule has 0 amide bonds. The molecule has 1 unspecified atom stereocenters. The lowest BCUT2D eigenvalue weighted by atomic mass is 9.85. The molecule has 0 bridgehead atoms. The van der Waals surface area contributed by atoms with Crippen LogP contribution >= 0.6 is 0 Å².